The van der Waals surface area contributed by atoms with Crippen LogP contribution in [0.15, 0.2) is 24.3 Å². The van der Waals surface area contributed by atoms with Gasteiger partial charge in [0.25, 0.3) is 5.91 Å². The molecule has 3 nitrogen and oxygen atoms in total. The van der Waals surface area contributed by atoms with E-state index in [0.717, 1.165) is 5.56 Å². The fraction of sp³-hybridized carbons (Fsp3) is 0.125. The van der Waals surface area contributed by atoms with E-state index in [0.29, 0.717) is 12.1 Å². The lowest BCUT2D eigenvalue weighted by atomic mass is 10.1. The maximum Gasteiger partial charge on any atom is 0.265 e. The topological polar surface area (TPSA) is 55.1 Å². The normalized spacial score (nSPS) is 9.50. The molecular weight excluding hydrogens is 176 g/mol. The molecule has 1 aromatic rings. The summed E-state index contributed by atoms with van der Waals surface area (Å²) in [5, 5.41) is 0. The summed E-state index contributed by atoms with van der Waals surface area (Å²) < 4.78 is 0. The molecule has 0 aliphatic heterocycles. The first-order valence-electron chi connectivity index (χ1n) is 3.48. The molecule has 12 heavy (non-hydrogen) atoms. The van der Waals surface area contributed by atoms with Crippen molar-refractivity contribution < 1.29 is 4.79 Å². The van der Waals surface area contributed by atoms with E-state index in [9.17, 15) is 4.79 Å². The molecule has 4 heteroatoms. The fourth-order valence-corrected chi connectivity index (χ4v) is 0.956. The maximum absolute atomic E-state index is 10.9. The van der Waals surface area contributed by atoms with Crippen molar-refractivity contribution >= 4 is 17.7 Å². The molecule has 0 bridgehead atoms. The number of halogens is 1. The molecule has 0 unspecified atom stereocenters. The van der Waals surface area contributed by atoms with Gasteiger partial charge in [-0.05, 0) is 17.7 Å². The minimum atomic E-state index is -0.305. The van der Waals surface area contributed by atoms with Crippen LogP contribution in [0.2, 0.25) is 0 Å². The number of nitrogens with two attached hydrogens (primary N) is 1. The van der Waals surface area contributed by atoms with Gasteiger partial charge < -0.3 is 5.73 Å². The van der Waals surface area contributed by atoms with Gasteiger partial charge in [-0.1, -0.05) is 12.1 Å². The smallest absolute Gasteiger partial charge is 0.265 e. The molecule has 0 saturated carbocycles. The molecule has 1 aromatic carbocycles. The minimum absolute atomic E-state index is 0.305. The van der Waals surface area contributed by atoms with Gasteiger partial charge in [-0.2, -0.15) is 0 Å². The van der Waals surface area contributed by atoms with Crippen LogP contribution >= 0.6 is 11.8 Å². The molecule has 0 aliphatic rings. The lowest BCUT2D eigenvalue weighted by Gasteiger charge is -1.99. The Labute approximate surface area is 75.6 Å². The zero-order valence-electron chi connectivity index (χ0n) is 6.38. The molecule has 0 heterocycles. The van der Waals surface area contributed by atoms with Crippen LogP contribution in [0.4, 0.5) is 0 Å². The zero-order valence-corrected chi connectivity index (χ0v) is 7.14. The van der Waals surface area contributed by atoms with E-state index in [4.69, 9.17) is 17.5 Å². The third kappa shape index (κ3) is 1.96. The van der Waals surface area contributed by atoms with Crippen LogP contribution in [-0.4, -0.2) is 5.91 Å². The largest absolute Gasteiger partial charge is 0.326 e. The highest BCUT2D eigenvalue weighted by Crippen LogP contribution is 2.03. The fourth-order valence-electron chi connectivity index (χ4n) is 0.847. The standard InChI is InChI=1S/C8H9ClN2O/c9-11-8(12)7-3-1-6(5-10)2-4-7/h1-4H,5,10H2,(H,11,12). The number of hydrogen-bond donors (Lipinski definition) is 2. The molecule has 1 rings (SSSR count). The summed E-state index contributed by atoms with van der Waals surface area (Å²) in [6, 6.07) is 6.95. The van der Waals surface area contributed by atoms with Gasteiger partial charge in [-0.3, -0.25) is 9.63 Å². The van der Waals surface area contributed by atoms with Crippen LogP contribution in [0.5, 0.6) is 0 Å². The quantitative estimate of drug-likeness (QED) is 0.675. The third-order valence-corrected chi connectivity index (χ3v) is 1.71. The lowest BCUT2D eigenvalue weighted by molar-refractivity contribution is 0.0982. The molecule has 3 N–H and O–H groups in total. The van der Waals surface area contributed by atoms with Crippen molar-refractivity contribution in [2.75, 3.05) is 0 Å². The summed E-state index contributed by atoms with van der Waals surface area (Å²) in [6.07, 6.45) is 0. The second-order valence-electron chi connectivity index (χ2n) is 2.32. The monoisotopic (exact) mass is 184 g/mol. The van der Waals surface area contributed by atoms with Crippen LogP contribution < -0.4 is 10.6 Å². The molecule has 0 radical (unpaired) electrons. The van der Waals surface area contributed by atoms with Crippen LogP contribution in [0.3, 0.4) is 0 Å². The Hall–Kier alpha value is -1.06. The molecule has 0 aliphatic carbocycles. The van der Waals surface area contributed by atoms with Crippen molar-refractivity contribution in [2.24, 2.45) is 5.73 Å². The van der Waals surface area contributed by atoms with Crippen molar-refractivity contribution in [3.63, 3.8) is 0 Å². The van der Waals surface area contributed by atoms with E-state index in [-0.39, 0.29) is 5.91 Å². The number of hydrogen-bond acceptors (Lipinski definition) is 2. The van der Waals surface area contributed by atoms with E-state index in [2.05, 4.69) is 0 Å². The van der Waals surface area contributed by atoms with Crippen molar-refractivity contribution in [2.45, 2.75) is 6.54 Å². The summed E-state index contributed by atoms with van der Waals surface area (Å²) in [5.74, 6) is -0.305. The van der Waals surface area contributed by atoms with Gasteiger partial charge in [-0.15, -0.1) is 0 Å². The van der Waals surface area contributed by atoms with Gasteiger partial charge in [-0.25, -0.2) is 0 Å². The van der Waals surface area contributed by atoms with E-state index in [1.807, 2.05) is 4.84 Å². The highest BCUT2D eigenvalue weighted by molar-refractivity contribution is 6.24. The van der Waals surface area contributed by atoms with Crippen LogP contribution in [0.1, 0.15) is 15.9 Å². The van der Waals surface area contributed by atoms with Crippen molar-refractivity contribution in [1.82, 2.24) is 4.84 Å². The molecule has 0 aromatic heterocycles. The maximum atomic E-state index is 10.9. The first-order valence-corrected chi connectivity index (χ1v) is 3.85. The molecular formula is C8H9ClN2O. The molecule has 0 spiro atoms. The average molecular weight is 185 g/mol. The van der Waals surface area contributed by atoms with Gasteiger partial charge in [0.1, 0.15) is 0 Å². The van der Waals surface area contributed by atoms with Crippen molar-refractivity contribution in [3.8, 4) is 0 Å². The third-order valence-electron chi connectivity index (χ3n) is 1.54. The number of carbonyl (C=O) groups excluding carboxylic acids is 1. The van der Waals surface area contributed by atoms with Crippen LogP contribution in [0.25, 0.3) is 0 Å². The van der Waals surface area contributed by atoms with Crippen molar-refractivity contribution in [3.05, 3.63) is 35.4 Å². The molecule has 64 valence electrons. The Morgan fingerprint density at radius 1 is 1.42 bits per heavy atom. The van der Waals surface area contributed by atoms with E-state index < -0.39 is 0 Å². The Balaban J connectivity index is 2.84. The Bertz CT molecular complexity index is 271. The highest BCUT2D eigenvalue weighted by atomic mass is 35.5. The van der Waals surface area contributed by atoms with Gasteiger partial charge in [0.05, 0.1) is 0 Å². The average Bonchev–Trinajstić information content (AvgIpc) is 2.17. The summed E-state index contributed by atoms with van der Waals surface area (Å²) in [4.78, 5) is 13.0. The lowest BCUT2D eigenvalue weighted by Crippen LogP contribution is -2.12. The Morgan fingerprint density at radius 3 is 2.42 bits per heavy atom. The number of amides is 1. The summed E-state index contributed by atoms with van der Waals surface area (Å²) in [5.41, 5.74) is 6.90. The Morgan fingerprint density at radius 2 is 2.00 bits per heavy atom. The zero-order chi connectivity index (χ0) is 8.97. The number of nitrogens with one attached hydrogen (secondary N) is 1. The molecule has 0 atom stereocenters. The first-order chi connectivity index (χ1) is 5.77. The van der Waals surface area contributed by atoms with Crippen molar-refractivity contribution in [1.29, 1.82) is 0 Å². The predicted molar refractivity (Wildman–Crippen MR) is 47.7 cm³/mol. The number of carbonyl (C=O) groups is 1. The molecule has 1 amide bonds. The van der Waals surface area contributed by atoms with Crippen LogP contribution in [-0.2, 0) is 6.54 Å². The number of rotatable bonds is 2. The van der Waals surface area contributed by atoms with Gasteiger partial charge in [0.15, 0.2) is 0 Å². The second-order valence-corrected chi connectivity index (χ2v) is 2.51. The van der Waals surface area contributed by atoms with E-state index >= 15 is 0 Å². The Kier molecular flexibility index (Phi) is 3.08. The summed E-state index contributed by atoms with van der Waals surface area (Å²) in [6.45, 7) is 0.475. The van der Waals surface area contributed by atoms with Crippen LogP contribution in [0, 0.1) is 0 Å². The predicted octanol–water partition coefficient (Wildman–Crippen LogP) is 1.03. The highest BCUT2D eigenvalue weighted by Gasteiger charge is 2.01. The van der Waals surface area contributed by atoms with Gasteiger partial charge in [0, 0.05) is 23.9 Å². The summed E-state index contributed by atoms with van der Waals surface area (Å²) >= 11 is 5.14. The van der Waals surface area contributed by atoms with E-state index in [1.165, 1.54) is 0 Å². The first kappa shape index (κ1) is 9.03. The summed E-state index contributed by atoms with van der Waals surface area (Å²) in [7, 11) is 0. The number of benzene rings is 1. The van der Waals surface area contributed by atoms with E-state index in [1.54, 1.807) is 24.3 Å². The molecule has 0 fully saturated rings. The second kappa shape index (κ2) is 4.09. The minimum Gasteiger partial charge on any atom is -0.326 e. The van der Waals surface area contributed by atoms with Gasteiger partial charge in [0.2, 0.25) is 0 Å². The SMILES string of the molecule is NCc1ccc(C(=O)NCl)cc1. The molecule has 0 saturated heterocycles. The van der Waals surface area contributed by atoms with Gasteiger partial charge >= 0.3 is 0 Å².